The third-order valence-electron chi connectivity index (χ3n) is 7.61. The summed E-state index contributed by atoms with van der Waals surface area (Å²) in [5.74, 6) is 0.475. The first-order valence-corrected chi connectivity index (χ1v) is 13.3. The molecule has 1 N–H and O–H groups in total. The fourth-order valence-corrected chi connectivity index (χ4v) is 5.57. The summed E-state index contributed by atoms with van der Waals surface area (Å²) in [6.07, 6.45) is 9.81. The number of amides is 2. The average Bonchev–Trinajstić information content (AvgIpc) is 2.87. The Morgan fingerprint density at radius 3 is 2.31 bits per heavy atom. The largest absolute Gasteiger partial charge is 0.342 e. The van der Waals surface area contributed by atoms with Crippen molar-refractivity contribution >= 4 is 11.8 Å². The number of benzene rings is 1. The normalized spacial score (nSPS) is 20.4. The maximum Gasteiger partial charge on any atom is 0.246 e. The molecule has 6 nitrogen and oxygen atoms in total. The summed E-state index contributed by atoms with van der Waals surface area (Å²) in [6.45, 7) is 7.52. The molecule has 1 aromatic carbocycles. The highest BCUT2D eigenvalue weighted by atomic mass is 16.2. The zero-order valence-electron chi connectivity index (χ0n) is 21.3. The van der Waals surface area contributed by atoms with Crippen molar-refractivity contribution in [2.45, 2.75) is 70.4 Å². The molecule has 2 aromatic rings. The summed E-state index contributed by atoms with van der Waals surface area (Å²) < 4.78 is 0. The van der Waals surface area contributed by atoms with Crippen LogP contribution in [0.15, 0.2) is 54.9 Å². The van der Waals surface area contributed by atoms with E-state index in [9.17, 15) is 9.59 Å². The summed E-state index contributed by atoms with van der Waals surface area (Å²) in [5.41, 5.74) is 1.81. The molecular formula is C29H40N4O2. The Kier molecular flexibility index (Phi) is 8.55. The van der Waals surface area contributed by atoms with Crippen molar-refractivity contribution in [3.63, 3.8) is 0 Å². The van der Waals surface area contributed by atoms with Gasteiger partial charge in [-0.3, -0.25) is 14.6 Å². The van der Waals surface area contributed by atoms with Crippen molar-refractivity contribution in [2.24, 2.45) is 5.92 Å². The van der Waals surface area contributed by atoms with E-state index in [1.807, 2.05) is 17.0 Å². The number of piperazine rings is 1. The van der Waals surface area contributed by atoms with Crippen LogP contribution in [-0.4, -0.2) is 64.4 Å². The lowest BCUT2D eigenvalue weighted by Crippen LogP contribution is -2.73. The van der Waals surface area contributed by atoms with Crippen LogP contribution in [0.2, 0.25) is 0 Å². The lowest BCUT2D eigenvalue weighted by molar-refractivity contribution is -0.161. The van der Waals surface area contributed by atoms with Gasteiger partial charge in [0.05, 0.1) is 0 Å². The molecule has 0 bridgehead atoms. The topological polar surface area (TPSA) is 65.5 Å². The van der Waals surface area contributed by atoms with Crippen molar-refractivity contribution in [3.05, 3.63) is 66.0 Å². The minimum absolute atomic E-state index is 0.0428. The number of nitrogens with zero attached hydrogens (tertiary/aromatic N) is 3. The van der Waals surface area contributed by atoms with Crippen molar-refractivity contribution in [2.75, 3.05) is 26.2 Å². The molecule has 188 valence electrons. The van der Waals surface area contributed by atoms with Crippen LogP contribution in [-0.2, 0) is 22.4 Å². The van der Waals surface area contributed by atoms with E-state index in [1.54, 1.807) is 12.4 Å². The highest BCUT2D eigenvalue weighted by Crippen LogP contribution is 2.34. The number of carbonyl (C=O) groups excluding carboxylic acids is 2. The molecule has 0 radical (unpaired) electrons. The van der Waals surface area contributed by atoms with Crippen LogP contribution in [0.5, 0.6) is 0 Å². The van der Waals surface area contributed by atoms with Crippen LogP contribution in [0.3, 0.4) is 0 Å². The maximum absolute atomic E-state index is 13.6. The summed E-state index contributed by atoms with van der Waals surface area (Å²) in [5, 5.41) is 3.11. The molecule has 2 fully saturated rings. The second-order valence-electron chi connectivity index (χ2n) is 10.6. The number of rotatable bonds is 10. The Labute approximate surface area is 210 Å². The maximum atomic E-state index is 13.6. The van der Waals surface area contributed by atoms with E-state index in [-0.39, 0.29) is 11.8 Å². The van der Waals surface area contributed by atoms with E-state index in [1.165, 1.54) is 12.0 Å². The SMILES string of the molecule is CC(C)C[C@@H]1NC(=O)C2(CCN(CCCCc3ccccc3)CC2)N(CCc2ccncc2)C1=O. The highest BCUT2D eigenvalue weighted by molar-refractivity contribution is 6.00. The predicted octanol–water partition coefficient (Wildman–Crippen LogP) is 3.85. The Morgan fingerprint density at radius 2 is 1.63 bits per heavy atom. The van der Waals surface area contributed by atoms with Gasteiger partial charge in [-0.05, 0) is 80.7 Å². The van der Waals surface area contributed by atoms with Gasteiger partial charge in [-0.1, -0.05) is 44.2 Å². The third kappa shape index (κ3) is 6.29. The van der Waals surface area contributed by atoms with Crippen molar-refractivity contribution in [3.8, 4) is 0 Å². The van der Waals surface area contributed by atoms with Crippen LogP contribution in [0.4, 0.5) is 0 Å². The standard InChI is InChI=1S/C29H40N4O2/c1-23(2)22-26-27(34)33(19-13-25-11-16-30-17-12-25)29(28(35)31-26)14-20-32(21-15-29)18-7-6-10-24-8-4-3-5-9-24/h3-5,8-9,11-12,16-17,23,26H,6-7,10,13-15,18-22H2,1-2H3,(H,31,35)/t26-/m0/s1. The van der Waals surface area contributed by atoms with Crippen molar-refractivity contribution in [1.82, 2.24) is 20.1 Å². The third-order valence-corrected chi connectivity index (χ3v) is 7.61. The number of pyridine rings is 1. The number of unbranched alkanes of at least 4 members (excludes halogenated alkanes) is 1. The molecule has 2 amide bonds. The summed E-state index contributed by atoms with van der Waals surface area (Å²) in [7, 11) is 0. The molecule has 0 saturated carbocycles. The lowest BCUT2D eigenvalue weighted by Gasteiger charge is -2.52. The Morgan fingerprint density at radius 1 is 0.943 bits per heavy atom. The predicted molar refractivity (Wildman–Crippen MR) is 139 cm³/mol. The lowest BCUT2D eigenvalue weighted by atomic mass is 9.80. The quantitative estimate of drug-likeness (QED) is 0.529. The van der Waals surface area contributed by atoms with Crippen LogP contribution in [0.25, 0.3) is 0 Å². The molecule has 3 heterocycles. The number of hydrogen-bond donors (Lipinski definition) is 1. The summed E-state index contributed by atoms with van der Waals surface area (Å²) in [4.78, 5) is 35.6. The van der Waals surface area contributed by atoms with Crippen LogP contribution < -0.4 is 5.32 Å². The van der Waals surface area contributed by atoms with E-state index in [4.69, 9.17) is 0 Å². The van der Waals surface area contributed by atoms with Gasteiger partial charge in [0.15, 0.2) is 0 Å². The zero-order chi connectivity index (χ0) is 24.7. The van der Waals surface area contributed by atoms with Crippen LogP contribution in [0, 0.1) is 5.92 Å². The molecule has 1 atom stereocenters. The molecule has 0 aliphatic carbocycles. The van der Waals surface area contributed by atoms with Crippen molar-refractivity contribution < 1.29 is 9.59 Å². The molecule has 35 heavy (non-hydrogen) atoms. The molecule has 2 saturated heterocycles. The Bertz CT molecular complexity index is 955. The van der Waals surface area contributed by atoms with Gasteiger partial charge in [0, 0.05) is 32.0 Å². The van der Waals surface area contributed by atoms with E-state index >= 15 is 0 Å². The number of aryl methyl sites for hydroxylation is 1. The molecular weight excluding hydrogens is 436 g/mol. The second-order valence-corrected chi connectivity index (χ2v) is 10.6. The number of carbonyl (C=O) groups is 2. The number of likely N-dealkylation sites (tertiary alicyclic amines) is 1. The average molecular weight is 477 g/mol. The number of nitrogens with one attached hydrogen (secondary N) is 1. The van der Waals surface area contributed by atoms with Gasteiger partial charge < -0.3 is 15.1 Å². The second kappa shape index (κ2) is 11.8. The first kappa shape index (κ1) is 25.4. The molecule has 6 heteroatoms. The molecule has 0 unspecified atom stereocenters. The fraction of sp³-hybridized carbons (Fsp3) is 0.552. The molecule has 1 aromatic heterocycles. The molecule has 2 aliphatic rings. The zero-order valence-corrected chi connectivity index (χ0v) is 21.3. The molecule has 4 rings (SSSR count). The van der Waals surface area contributed by atoms with Crippen molar-refractivity contribution in [1.29, 1.82) is 0 Å². The Balaban J connectivity index is 1.37. The fourth-order valence-electron chi connectivity index (χ4n) is 5.57. The van der Waals surface area contributed by atoms with Gasteiger partial charge in [0.1, 0.15) is 11.6 Å². The van der Waals surface area contributed by atoms with E-state index in [0.29, 0.717) is 31.7 Å². The van der Waals surface area contributed by atoms with E-state index in [0.717, 1.165) is 44.5 Å². The van der Waals surface area contributed by atoms with Gasteiger partial charge in [0.25, 0.3) is 0 Å². The van der Waals surface area contributed by atoms with Gasteiger partial charge in [-0.15, -0.1) is 0 Å². The summed E-state index contributed by atoms with van der Waals surface area (Å²) >= 11 is 0. The van der Waals surface area contributed by atoms with Gasteiger partial charge >= 0.3 is 0 Å². The number of hydrogen-bond acceptors (Lipinski definition) is 4. The van der Waals surface area contributed by atoms with E-state index < -0.39 is 11.6 Å². The van der Waals surface area contributed by atoms with E-state index in [2.05, 4.69) is 59.4 Å². The van der Waals surface area contributed by atoms with Gasteiger partial charge in [-0.2, -0.15) is 0 Å². The van der Waals surface area contributed by atoms with Crippen LogP contribution >= 0.6 is 0 Å². The highest BCUT2D eigenvalue weighted by Gasteiger charge is 2.53. The number of piperidine rings is 1. The first-order valence-electron chi connectivity index (χ1n) is 13.3. The monoisotopic (exact) mass is 476 g/mol. The first-order chi connectivity index (χ1) is 17.0. The Hall–Kier alpha value is -2.73. The molecule has 2 aliphatic heterocycles. The smallest absolute Gasteiger partial charge is 0.246 e. The van der Waals surface area contributed by atoms with Gasteiger partial charge in [0.2, 0.25) is 11.8 Å². The summed E-state index contributed by atoms with van der Waals surface area (Å²) in [6, 6.07) is 14.2. The van der Waals surface area contributed by atoms with Gasteiger partial charge in [-0.25, -0.2) is 0 Å². The van der Waals surface area contributed by atoms with Crippen LogP contribution in [0.1, 0.15) is 57.1 Å². The molecule has 1 spiro atoms. The minimum Gasteiger partial charge on any atom is -0.342 e. The number of aromatic nitrogens is 1. The minimum atomic E-state index is -0.724.